The first-order valence-corrected chi connectivity index (χ1v) is 10.6. The van der Waals surface area contributed by atoms with Crippen molar-refractivity contribution in [3.05, 3.63) is 90.9 Å². The van der Waals surface area contributed by atoms with E-state index in [9.17, 15) is 9.59 Å². The highest BCUT2D eigenvalue weighted by atomic mass is 32.1. The molecule has 0 saturated heterocycles. The number of pyridine rings is 1. The monoisotopic (exact) mass is 435 g/mol. The summed E-state index contributed by atoms with van der Waals surface area (Å²) in [7, 11) is 1.59. The number of hydrogen-bond acceptors (Lipinski definition) is 7. The maximum absolute atomic E-state index is 13.4. The van der Waals surface area contributed by atoms with Crippen molar-refractivity contribution in [2.45, 2.75) is 19.9 Å². The molecule has 0 radical (unpaired) electrons. The molecule has 0 fully saturated rings. The van der Waals surface area contributed by atoms with Crippen LogP contribution in [0.15, 0.2) is 69.8 Å². The van der Waals surface area contributed by atoms with Crippen LogP contribution < -0.4 is 19.6 Å². The van der Waals surface area contributed by atoms with E-state index < -0.39 is 12.0 Å². The molecule has 0 N–H and O–H groups in total. The Bertz CT molecular complexity index is 1320. The largest absolute Gasteiger partial charge is 0.497 e. The van der Waals surface area contributed by atoms with Crippen LogP contribution in [0.4, 0.5) is 0 Å². The molecule has 31 heavy (non-hydrogen) atoms. The number of hydrogen-bond donors (Lipinski definition) is 0. The van der Waals surface area contributed by atoms with Gasteiger partial charge in [0.15, 0.2) is 4.80 Å². The van der Waals surface area contributed by atoms with Crippen molar-refractivity contribution >= 4 is 23.4 Å². The molecule has 0 saturated carbocycles. The van der Waals surface area contributed by atoms with Gasteiger partial charge in [0.25, 0.3) is 5.56 Å². The van der Waals surface area contributed by atoms with E-state index in [2.05, 4.69) is 9.98 Å². The van der Waals surface area contributed by atoms with Crippen LogP contribution in [-0.4, -0.2) is 29.2 Å². The molecular weight excluding hydrogens is 414 g/mol. The molecule has 8 heteroatoms. The third-order valence-electron chi connectivity index (χ3n) is 4.93. The third-order valence-corrected chi connectivity index (χ3v) is 5.91. The number of nitrogens with zero attached hydrogens (tertiary/aromatic N) is 3. The van der Waals surface area contributed by atoms with Gasteiger partial charge in [0.2, 0.25) is 0 Å². The molecule has 1 aromatic carbocycles. The molecule has 7 nitrogen and oxygen atoms in total. The molecular formula is C23H21N3O4S. The Kier molecular flexibility index (Phi) is 5.81. The van der Waals surface area contributed by atoms with Gasteiger partial charge in [-0.15, -0.1) is 0 Å². The normalized spacial score (nSPS) is 16.0. The Morgan fingerprint density at radius 2 is 2.03 bits per heavy atom. The van der Waals surface area contributed by atoms with Crippen molar-refractivity contribution in [1.29, 1.82) is 0 Å². The van der Waals surface area contributed by atoms with Crippen LogP contribution in [-0.2, 0) is 9.53 Å². The zero-order valence-electron chi connectivity index (χ0n) is 17.4. The summed E-state index contributed by atoms with van der Waals surface area (Å²) in [5, 5.41) is 0. The highest BCUT2D eigenvalue weighted by molar-refractivity contribution is 7.07. The van der Waals surface area contributed by atoms with Crippen molar-refractivity contribution in [3.63, 3.8) is 0 Å². The van der Waals surface area contributed by atoms with E-state index in [1.54, 1.807) is 56.1 Å². The molecule has 3 heterocycles. The highest BCUT2D eigenvalue weighted by Crippen LogP contribution is 2.31. The number of rotatable bonds is 5. The third kappa shape index (κ3) is 3.94. The second-order valence-electron chi connectivity index (χ2n) is 6.86. The molecule has 0 spiro atoms. The molecule has 1 atom stereocenters. The number of carbonyl (C=O) groups is 1. The molecule has 0 bridgehead atoms. The van der Waals surface area contributed by atoms with E-state index in [4.69, 9.17) is 9.47 Å². The van der Waals surface area contributed by atoms with Crippen LogP contribution in [0.3, 0.4) is 0 Å². The van der Waals surface area contributed by atoms with E-state index in [-0.39, 0.29) is 12.2 Å². The second kappa shape index (κ2) is 8.69. The standard InChI is InChI=1S/C23H21N3O4S/c1-4-30-22(28)19-14(2)25-23-26(20(19)16-7-9-17(29-3)10-8-16)21(27)18(31-23)12-15-6-5-11-24-13-15/h5-13,20H,4H2,1-3H3/b18-12-/t20-/m1/s1. The summed E-state index contributed by atoms with van der Waals surface area (Å²) < 4.78 is 12.6. The number of fused-ring (bicyclic) bond motifs is 1. The minimum absolute atomic E-state index is 0.220. The Labute approximate surface area is 182 Å². The zero-order chi connectivity index (χ0) is 22.0. The minimum Gasteiger partial charge on any atom is -0.497 e. The molecule has 2 aromatic heterocycles. The van der Waals surface area contributed by atoms with Crippen molar-refractivity contribution in [2.24, 2.45) is 4.99 Å². The average Bonchev–Trinajstić information content (AvgIpc) is 3.08. The predicted octanol–water partition coefficient (Wildman–Crippen LogP) is 2.20. The fourth-order valence-electron chi connectivity index (χ4n) is 3.51. The van der Waals surface area contributed by atoms with Gasteiger partial charge in [0.05, 0.1) is 35.6 Å². The fourth-order valence-corrected chi connectivity index (χ4v) is 4.55. The second-order valence-corrected chi connectivity index (χ2v) is 7.87. The van der Waals surface area contributed by atoms with Crippen LogP contribution in [0.5, 0.6) is 5.75 Å². The Morgan fingerprint density at radius 1 is 1.26 bits per heavy atom. The number of thiazole rings is 1. The van der Waals surface area contributed by atoms with Crippen molar-refractivity contribution in [1.82, 2.24) is 9.55 Å². The summed E-state index contributed by atoms with van der Waals surface area (Å²) in [5.74, 6) is 0.206. The number of allylic oxidation sites excluding steroid dienone is 1. The topological polar surface area (TPSA) is 82.8 Å². The number of aromatic nitrogens is 2. The van der Waals surface area contributed by atoms with Crippen molar-refractivity contribution in [3.8, 4) is 5.75 Å². The zero-order valence-corrected chi connectivity index (χ0v) is 18.2. The summed E-state index contributed by atoms with van der Waals surface area (Å²) in [6, 6.07) is 10.3. The first kappa shape index (κ1) is 20.7. The maximum Gasteiger partial charge on any atom is 0.338 e. The first-order chi connectivity index (χ1) is 15.0. The number of methoxy groups -OCH3 is 1. The van der Waals surface area contributed by atoms with Crippen LogP contribution in [0.2, 0.25) is 0 Å². The summed E-state index contributed by atoms with van der Waals surface area (Å²) in [4.78, 5) is 35.5. The molecule has 1 aliphatic rings. The van der Waals surface area contributed by atoms with E-state index in [0.29, 0.717) is 26.4 Å². The van der Waals surface area contributed by atoms with Crippen LogP contribution in [0.1, 0.15) is 31.0 Å². The number of carbonyl (C=O) groups excluding carboxylic acids is 1. The number of benzene rings is 1. The molecule has 0 amide bonds. The quantitative estimate of drug-likeness (QED) is 0.574. The average molecular weight is 436 g/mol. The van der Waals surface area contributed by atoms with Gasteiger partial charge in [-0.2, -0.15) is 0 Å². The van der Waals surface area contributed by atoms with Gasteiger partial charge in [0.1, 0.15) is 5.75 Å². The summed E-state index contributed by atoms with van der Waals surface area (Å²) in [6.45, 7) is 3.75. The first-order valence-electron chi connectivity index (χ1n) is 9.77. The number of ether oxygens (including phenoxy) is 2. The lowest BCUT2D eigenvalue weighted by Crippen LogP contribution is -2.39. The Hall–Kier alpha value is -3.52. The number of esters is 1. The smallest absolute Gasteiger partial charge is 0.338 e. The lowest BCUT2D eigenvalue weighted by molar-refractivity contribution is -0.139. The van der Waals surface area contributed by atoms with Gasteiger partial charge in [-0.3, -0.25) is 14.3 Å². The van der Waals surface area contributed by atoms with Gasteiger partial charge in [-0.05, 0) is 49.2 Å². The summed E-state index contributed by atoms with van der Waals surface area (Å²) in [6.07, 6.45) is 5.15. The molecule has 0 aliphatic carbocycles. The van der Waals surface area contributed by atoms with Crippen LogP contribution >= 0.6 is 11.3 Å². The SMILES string of the molecule is CCOC(=O)C1=C(C)N=c2s/c(=C\c3cccnc3)c(=O)n2[C@@H]1c1ccc(OC)cc1. The lowest BCUT2D eigenvalue weighted by atomic mass is 9.96. The van der Waals surface area contributed by atoms with Crippen molar-refractivity contribution in [2.75, 3.05) is 13.7 Å². The van der Waals surface area contributed by atoms with Gasteiger partial charge >= 0.3 is 5.97 Å². The van der Waals surface area contributed by atoms with Crippen LogP contribution in [0, 0.1) is 0 Å². The van der Waals surface area contributed by atoms with E-state index >= 15 is 0 Å². The summed E-state index contributed by atoms with van der Waals surface area (Å²) in [5.41, 5.74) is 2.26. The molecule has 1 aliphatic heterocycles. The molecule has 158 valence electrons. The van der Waals surface area contributed by atoms with E-state index in [0.717, 1.165) is 11.1 Å². The van der Waals surface area contributed by atoms with Gasteiger partial charge in [-0.25, -0.2) is 9.79 Å². The van der Waals surface area contributed by atoms with Crippen molar-refractivity contribution < 1.29 is 14.3 Å². The molecule has 3 aromatic rings. The van der Waals surface area contributed by atoms with Gasteiger partial charge in [0, 0.05) is 12.4 Å². The Balaban J connectivity index is 1.95. The fraction of sp³-hybridized carbons (Fsp3) is 0.217. The van der Waals surface area contributed by atoms with Crippen LogP contribution in [0.25, 0.3) is 6.08 Å². The minimum atomic E-state index is -0.641. The Morgan fingerprint density at radius 3 is 2.68 bits per heavy atom. The maximum atomic E-state index is 13.4. The predicted molar refractivity (Wildman–Crippen MR) is 118 cm³/mol. The highest BCUT2D eigenvalue weighted by Gasteiger charge is 2.33. The van der Waals surface area contributed by atoms with Gasteiger partial charge in [-0.1, -0.05) is 29.5 Å². The summed E-state index contributed by atoms with van der Waals surface area (Å²) >= 11 is 1.28. The lowest BCUT2D eigenvalue weighted by Gasteiger charge is -2.24. The van der Waals surface area contributed by atoms with E-state index in [1.165, 1.54) is 11.3 Å². The molecule has 4 rings (SSSR count). The van der Waals surface area contributed by atoms with E-state index in [1.807, 2.05) is 24.3 Å². The molecule has 0 unspecified atom stereocenters. The van der Waals surface area contributed by atoms with Gasteiger partial charge < -0.3 is 9.47 Å².